The molecule has 0 bridgehead atoms. The van der Waals surface area contributed by atoms with Crippen LogP contribution in [0.2, 0.25) is 0 Å². The highest BCUT2D eigenvalue weighted by atomic mass is 16.5. The Hall–Kier alpha value is -3.45. The van der Waals surface area contributed by atoms with E-state index in [2.05, 4.69) is 94.8 Å². The second-order valence-electron chi connectivity index (χ2n) is 13.9. The summed E-state index contributed by atoms with van der Waals surface area (Å²) in [4.78, 5) is 22.6. The van der Waals surface area contributed by atoms with Crippen molar-refractivity contribution in [2.24, 2.45) is 0 Å². The highest BCUT2D eigenvalue weighted by Gasteiger charge is 2.40. The number of hydrogen-bond acceptors (Lipinski definition) is 9. The maximum absolute atomic E-state index is 9.79. The fourth-order valence-corrected chi connectivity index (χ4v) is 7.94. The number of aromatic nitrogens is 2. The SMILES string of the molecule is Cc1cccc2cccc(N3CCc4c(nc(OC[C@@H]5CCCN5C)nc4N4CCN(CC5CN5C(C)C)[C@@H](CC#N)C4)C3)c12. The van der Waals surface area contributed by atoms with Crippen LogP contribution in [0.1, 0.15) is 49.9 Å². The van der Waals surface area contributed by atoms with Crippen molar-refractivity contribution < 1.29 is 4.74 Å². The topological polar surface area (TPSA) is 74.8 Å². The Morgan fingerprint density at radius 1 is 0.978 bits per heavy atom. The van der Waals surface area contributed by atoms with Crippen molar-refractivity contribution in [3.8, 4) is 12.1 Å². The first kappa shape index (κ1) is 30.2. The van der Waals surface area contributed by atoms with E-state index in [1.165, 1.54) is 40.6 Å². The van der Waals surface area contributed by atoms with Crippen molar-refractivity contribution >= 4 is 22.3 Å². The van der Waals surface area contributed by atoms with Crippen LogP contribution < -0.4 is 14.5 Å². The molecule has 238 valence electrons. The summed E-state index contributed by atoms with van der Waals surface area (Å²) in [5.41, 5.74) is 4.87. The number of piperazine rings is 1. The van der Waals surface area contributed by atoms with Gasteiger partial charge in [0, 0.05) is 80.1 Å². The molecule has 3 aromatic rings. The van der Waals surface area contributed by atoms with E-state index in [4.69, 9.17) is 14.7 Å². The van der Waals surface area contributed by atoms with Gasteiger partial charge in [-0.2, -0.15) is 15.2 Å². The van der Waals surface area contributed by atoms with E-state index in [1.54, 1.807) is 0 Å². The number of likely N-dealkylation sites (tertiary alicyclic amines) is 1. The second kappa shape index (κ2) is 12.7. The Balaban J connectivity index is 1.17. The summed E-state index contributed by atoms with van der Waals surface area (Å²) in [6.45, 7) is 15.0. The Morgan fingerprint density at radius 2 is 1.82 bits per heavy atom. The molecule has 2 unspecified atom stereocenters. The molecule has 3 saturated heterocycles. The molecule has 7 rings (SSSR count). The molecule has 9 heteroatoms. The van der Waals surface area contributed by atoms with Gasteiger partial charge < -0.3 is 19.4 Å². The quantitative estimate of drug-likeness (QED) is 0.327. The van der Waals surface area contributed by atoms with Crippen LogP contribution in [0.4, 0.5) is 11.5 Å². The summed E-state index contributed by atoms with van der Waals surface area (Å²) in [6.07, 6.45) is 3.77. The predicted molar refractivity (Wildman–Crippen MR) is 180 cm³/mol. The van der Waals surface area contributed by atoms with Gasteiger partial charge in [-0.25, -0.2) is 0 Å². The summed E-state index contributed by atoms with van der Waals surface area (Å²) in [5, 5.41) is 12.4. The van der Waals surface area contributed by atoms with Gasteiger partial charge in [0.2, 0.25) is 0 Å². The van der Waals surface area contributed by atoms with Crippen molar-refractivity contribution in [3.63, 3.8) is 0 Å². The Morgan fingerprint density at radius 3 is 2.58 bits per heavy atom. The van der Waals surface area contributed by atoms with Crippen LogP contribution in [0, 0.1) is 18.3 Å². The molecule has 3 fully saturated rings. The highest BCUT2D eigenvalue weighted by Crippen LogP contribution is 2.36. The molecule has 4 aliphatic rings. The molecule has 4 aliphatic heterocycles. The molecule has 0 spiro atoms. The molecule has 45 heavy (non-hydrogen) atoms. The van der Waals surface area contributed by atoms with E-state index in [-0.39, 0.29) is 6.04 Å². The van der Waals surface area contributed by atoms with Crippen molar-refractivity contribution in [3.05, 3.63) is 53.2 Å². The van der Waals surface area contributed by atoms with Crippen LogP contribution in [0.15, 0.2) is 36.4 Å². The standard InChI is InChI=1S/C36H48N8O/c1-25(2)44-22-30(44)21-41-18-19-43(20-28(41)13-15-37)35-31-14-17-42(33-12-6-10-27-9-5-8-26(3)34(27)33)23-32(31)38-36(39-35)45-24-29-11-7-16-40(29)4/h5-6,8-10,12,25,28-30H,7,11,13-14,16-24H2,1-4H3/t28-,29-,30?,44?/m0/s1. The second-order valence-corrected chi connectivity index (χ2v) is 13.9. The summed E-state index contributed by atoms with van der Waals surface area (Å²) in [5.74, 6) is 1.02. The van der Waals surface area contributed by atoms with Crippen molar-refractivity contribution in [2.75, 3.05) is 69.3 Å². The van der Waals surface area contributed by atoms with Gasteiger partial charge in [-0.1, -0.05) is 30.3 Å². The molecule has 4 atom stereocenters. The number of hydrogen-bond donors (Lipinski definition) is 0. The monoisotopic (exact) mass is 608 g/mol. The van der Waals surface area contributed by atoms with Gasteiger partial charge in [-0.3, -0.25) is 9.80 Å². The van der Waals surface area contributed by atoms with E-state index in [9.17, 15) is 5.26 Å². The maximum atomic E-state index is 9.79. The smallest absolute Gasteiger partial charge is 0.318 e. The Kier molecular flexibility index (Phi) is 8.56. The molecule has 1 aromatic heterocycles. The summed E-state index contributed by atoms with van der Waals surface area (Å²) in [7, 11) is 2.18. The summed E-state index contributed by atoms with van der Waals surface area (Å²) < 4.78 is 6.40. The van der Waals surface area contributed by atoms with Gasteiger partial charge >= 0.3 is 6.01 Å². The van der Waals surface area contributed by atoms with Gasteiger partial charge in [-0.15, -0.1) is 0 Å². The number of nitriles is 1. The van der Waals surface area contributed by atoms with Crippen LogP contribution in [0.25, 0.3) is 10.8 Å². The molecule has 0 saturated carbocycles. The summed E-state index contributed by atoms with van der Waals surface area (Å²) in [6, 6.07) is 17.9. The van der Waals surface area contributed by atoms with Gasteiger partial charge in [0.15, 0.2) is 0 Å². The van der Waals surface area contributed by atoms with Crippen LogP contribution in [0.5, 0.6) is 6.01 Å². The molecule has 9 nitrogen and oxygen atoms in total. The first-order valence-electron chi connectivity index (χ1n) is 17.0. The number of aryl methyl sites for hydroxylation is 1. The van der Waals surface area contributed by atoms with Crippen molar-refractivity contribution in [1.82, 2.24) is 24.7 Å². The molecule has 2 aromatic carbocycles. The minimum Gasteiger partial charge on any atom is -0.462 e. The average molecular weight is 609 g/mol. The zero-order valence-electron chi connectivity index (χ0n) is 27.5. The minimum atomic E-state index is 0.194. The molecule has 5 heterocycles. The van der Waals surface area contributed by atoms with E-state index >= 15 is 0 Å². The lowest BCUT2D eigenvalue weighted by atomic mass is 9.99. The van der Waals surface area contributed by atoms with Gasteiger partial charge in [0.05, 0.1) is 24.7 Å². The molecule has 0 N–H and O–H groups in total. The molecule has 0 amide bonds. The maximum Gasteiger partial charge on any atom is 0.318 e. The lowest BCUT2D eigenvalue weighted by Crippen LogP contribution is -2.55. The first-order valence-corrected chi connectivity index (χ1v) is 17.0. The van der Waals surface area contributed by atoms with Crippen LogP contribution >= 0.6 is 0 Å². The van der Waals surface area contributed by atoms with E-state index in [0.29, 0.717) is 37.2 Å². The number of nitrogens with zero attached hydrogens (tertiary/aromatic N) is 8. The number of likely N-dealkylation sites (N-methyl/N-ethyl adjacent to an activating group) is 1. The minimum absolute atomic E-state index is 0.194. The van der Waals surface area contributed by atoms with E-state index < -0.39 is 0 Å². The lowest BCUT2D eigenvalue weighted by Gasteiger charge is -2.42. The predicted octanol–water partition coefficient (Wildman–Crippen LogP) is 4.47. The van der Waals surface area contributed by atoms with Crippen LogP contribution in [-0.2, 0) is 13.0 Å². The molecular weight excluding hydrogens is 560 g/mol. The van der Waals surface area contributed by atoms with Gasteiger partial charge in [0.1, 0.15) is 12.4 Å². The lowest BCUT2D eigenvalue weighted by molar-refractivity contribution is 0.169. The first-order chi connectivity index (χ1) is 21.9. The average Bonchev–Trinajstić information content (AvgIpc) is 3.70. The van der Waals surface area contributed by atoms with Crippen LogP contribution in [-0.4, -0.2) is 108 Å². The fourth-order valence-electron chi connectivity index (χ4n) is 7.94. The molecular formula is C36H48N8O. The van der Waals surface area contributed by atoms with Crippen molar-refractivity contribution in [2.45, 2.75) is 77.2 Å². The Bertz CT molecular complexity index is 1560. The normalized spacial score (nSPS) is 25.5. The van der Waals surface area contributed by atoms with Crippen LogP contribution in [0.3, 0.4) is 0 Å². The zero-order chi connectivity index (χ0) is 31.1. The van der Waals surface area contributed by atoms with Gasteiger partial charge in [0.25, 0.3) is 0 Å². The largest absolute Gasteiger partial charge is 0.462 e. The third kappa shape index (κ3) is 6.20. The number of ether oxygens (including phenoxy) is 1. The zero-order valence-corrected chi connectivity index (χ0v) is 27.5. The van der Waals surface area contributed by atoms with E-state index in [1.807, 2.05) is 0 Å². The third-order valence-electron chi connectivity index (χ3n) is 10.6. The number of fused-ring (bicyclic) bond motifs is 2. The molecule has 0 radical (unpaired) electrons. The Labute approximate surface area is 268 Å². The number of rotatable bonds is 9. The fraction of sp³-hybridized carbons (Fsp3) is 0.583. The molecule has 0 aliphatic carbocycles. The number of benzene rings is 2. The third-order valence-corrected chi connectivity index (χ3v) is 10.6. The highest BCUT2D eigenvalue weighted by molar-refractivity contribution is 5.97. The van der Waals surface area contributed by atoms with Crippen molar-refractivity contribution in [1.29, 1.82) is 5.26 Å². The van der Waals surface area contributed by atoms with Gasteiger partial charge in [-0.05, 0) is 70.6 Å². The van der Waals surface area contributed by atoms with E-state index in [0.717, 1.165) is 70.2 Å². The number of anilines is 2. The summed E-state index contributed by atoms with van der Waals surface area (Å²) >= 11 is 0.